The van der Waals surface area contributed by atoms with Crippen LogP contribution in [0.5, 0.6) is 0 Å². The highest BCUT2D eigenvalue weighted by Gasteiger charge is 2.30. The average Bonchev–Trinajstić information content (AvgIpc) is 2.92. The van der Waals surface area contributed by atoms with Gasteiger partial charge in [0.05, 0.1) is 0 Å². The minimum Gasteiger partial charge on any atom is -0.314 e. The lowest BCUT2D eigenvalue weighted by Gasteiger charge is -2.22. The summed E-state index contributed by atoms with van der Waals surface area (Å²) in [6.45, 7) is 3.34. The molecule has 1 saturated heterocycles. The molecule has 1 saturated carbocycles. The van der Waals surface area contributed by atoms with E-state index in [9.17, 15) is 0 Å². The molecule has 0 amide bonds. The SMILES string of the molecule is CC1NCCC1c1nn2c(C3CCC3)nnc2s1. The minimum absolute atomic E-state index is 0.529. The summed E-state index contributed by atoms with van der Waals surface area (Å²) in [7, 11) is 0. The fourth-order valence-corrected chi connectivity index (χ4v) is 4.00. The Hall–Kier alpha value is -1.01. The summed E-state index contributed by atoms with van der Waals surface area (Å²) >= 11 is 1.71. The second kappa shape index (κ2) is 3.99. The van der Waals surface area contributed by atoms with E-state index in [1.807, 2.05) is 4.52 Å². The van der Waals surface area contributed by atoms with Crippen LogP contribution in [-0.4, -0.2) is 32.4 Å². The van der Waals surface area contributed by atoms with Gasteiger partial charge in [0.25, 0.3) is 0 Å². The van der Waals surface area contributed by atoms with Crippen LogP contribution in [-0.2, 0) is 0 Å². The standard InChI is InChI=1S/C12H17N5S/c1-7-9(5-6-13-7)11-16-17-10(8-3-2-4-8)14-15-12(17)18-11/h7-9,13H,2-6H2,1H3. The third-order valence-corrected chi connectivity index (χ3v) is 5.37. The molecule has 1 N–H and O–H groups in total. The van der Waals surface area contributed by atoms with E-state index >= 15 is 0 Å². The van der Waals surface area contributed by atoms with E-state index in [1.165, 1.54) is 30.7 Å². The number of hydrogen-bond donors (Lipinski definition) is 1. The smallest absolute Gasteiger partial charge is 0.234 e. The molecule has 0 spiro atoms. The van der Waals surface area contributed by atoms with E-state index in [0.717, 1.165) is 17.3 Å². The number of nitrogens with zero attached hydrogens (tertiary/aromatic N) is 4. The molecule has 18 heavy (non-hydrogen) atoms. The number of fused-ring (bicyclic) bond motifs is 1. The first-order chi connectivity index (χ1) is 8.83. The van der Waals surface area contributed by atoms with Crippen molar-refractivity contribution in [2.45, 2.75) is 50.5 Å². The summed E-state index contributed by atoms with van der Waals surface area (Å²) in [6, 6.07) is 0.529. The predicted octanol–water partition coefficient (Wildman–Crippen LogP) is 1.92. The number of hydrogen-bond acceptors (Lipinski definition) is 5. The lowest BCUT2D eigenvalue weighted by Crippen LogP contribution is -2.21. The monoisotopic (exact) mass is 263 g/mol. The van der Waals surface area contributed by atoms with Gasteiger partial charge >= 0.3 is 0 Å². The quantitative estimate of drug-likeness (QED) is 0.899. The highest BCUT2D eigenvalue weighted by Crippen LogP contribution is 2.37. The van der Waals surface area contributed by atoms with E-state index in [4.69, 9.17) is 5.10 Å². The van der Waals surface area contributed by atoms with Crippen molar-refractivity contribution >= 4 is 16.3 Å². The molecular formula is C12H17N5S. The first kappa shape index (κ1) is 10.9. The van der Waals surface area contributed by atoms with Crippen LogP contribution in [0.15, 0.2) is 0 Å². The first-order valence-corrected chi connectivity index (χ1v) is 7.60. The summed E-state index contributed by atoms with van der Waals surface area (Å²) in [5, 5.41) is 18.1. The lowest BCUT2D eigenvalue weighted by atomic mass is 9.85. The number of nitrogens with one attached hydrogen (secondary N) is 1. The zero-order chi connectivity index (χ0) is 12.1. The van der Waals surface area contributed by atoms with Gasteiger partial charge in [0.2, 0.25) is 4.96 Å². The van der Waals surface area contributed by atoms with Crippen LogP contribution in [0.25, 0.3) is 4.96 Å². The largest absolute Gasteiger partial charge is 0.314 e. The third-order valence-electron chi connectivity index (χ3n) is 4.34. The van der Waals surface area contributed by atoms with Crippen molar-refractivity contribution in [3.63, 3.8) is 0 Å². The van der Waals surface area contributed by atoms with Crippen LogP contribution in [0.3, 0.4) is 0 Å². The van der Waals surface area contributed by atoms with E-state index in [1.54, 1.807) is 11.3 Å². The Bertz CT molecular complexity index is 570. The van der Waals surface area contributed by atoms with Crippen LogP contribution in [0.1, 0.15) is 55.3 Å². The van der Waals surface area contributed by atoms with Crippen LogP contribution in [0, 0.1) is 0 Å². The molecule has 0 radical (unpaired) electrons. The van der Waals surface area contributed by atoms with Crippen molar-refractivity contribution in [1.29, 1.82) is 0 Å². The highest BCUT2D eigenvalue weighted by molar-refractivity contribution is 7.16. The Labute approximate surface area is 110 Å². The van der Waals surface area contributed by atoms with Gasteiger partial charge in [0.15, 0.2) is 5.82 Å². The van der Waals surface area contributed by atoms with Crippen molar-refractivity contribution in [3.05, 3.63) is 10.8 Å². The van der Waals surface area contributed by atoms with E-state index in [0.29, 0.717) is 17.9 Å². The molecule has 4 rings (SSSR count). The molecule has 2 aliphatic rings. The molecule has 5 nitrogen and oxygen atoms in total. The summed E-state index contributed by atoms with van der Waals surface area (Å²) in [4.78, 5) is 0.964. The van der Waals surface area contributed by atoms with Crippen molar-refractivity contribution in [1.82, 2.24) is 25.1 Å². The molecule has 2 atom stereocenters. The molecule has 1 aliphatic carbocycles. The zero-order valence-electron chi connectivity index (χ0n) is 10.5. The topological polar surface area (TPSA) is 55.1 Å². The van der Waals surface area contributed by atoms with Gasteiger partial charge in [-0.25, -0.2) is 0 Å². The Morgan fingerprint density at radius 1 is 1.28 bits per heavy atom. The number of rotatable bonds is 2. The van der Waals surface area contributed by atoms with Crippen LogP contribution in [0.4, 0.5) is 0 Å². The second-order valence-electron chi connectivity index (χ2n) is 5.46. The maximum atomic E-state index is 4.78. The van der Waals surface area contributed by atoms with Gasteiger partial charge in [-0.15, -0.1) is 10.2 Å². The molecule has 2 unspecified atom stereocenters. The average molecular weight is 263 g/mol. The summed E-state index contributed by atoms with van der Waals surface area (Å²) in [5.41, 5.74) is 0. The highest BCUT2D eigenvalue weighted by atomic mass is 32.1. The fraction of sp³-hybridized carbons (Fsp3) is 0.750. The Balaban J connectivity index is 1.72. The molecule has 2 fully saturated rings. The first-order valence-electron chi connectivity index (χ1n) is 6.78. The van der Waals surface area contributed by atoms with Gasteiger partial charge in [-0.2, -0.15) is 9.61 Å². The maximum Gasteiger partial charge on any atom is 0.234 e. The van der Waals surface area contributed by atoms with E-state index in [2.05, 4.69) is 22.4 Å². The van der Waals surface area contributed by atoms with Gasteiger partial charge in [-0.1, -0.05) is 17.8 Å². The van der Waals surface area contributed by atoms with Crippen molar-refractivity contribution in [2.75, 3.05) is 6.54 Å². The summed E-state index contributed by atoms with van der Waals surface area (Å²) < 4.78 is 1.99. The molecule has 2 aromatic rings. The Morgan fingerprint density at radius 3 is 2.83 bits per heavy atom. The van der Waals surface area contributed by atoms with Gasteiger partial charge in [-0.3, -0.25) is 0 Å². The van der Waals surface area contributed by atoms with Crippen molar-refractivity contribution in [2.24, 2.45) is 0 Å². The van der Waals surface area contributed by atoms with E-state index < -0.39 is 0 Å². The molecule has 0 bridgehead atoms. The molecule has 96 valence electrons. The molecule has 2 aromatic heterocycles. The number of aromatic nitrogens is 4. The fourth-order valence-electron chi connectivity index (χ4n) is 2.91. The van der Waals surface area contributed by atoms with Crippen molar-refractivity contribution < 1.29 is 0 Å². The predicted molar refractivity (Wildman–Crippen MR) is 70.1 cm³/mol. The molecule has 1 aliphatic heterocycles. The minimum atomic E-state index is 0.529. The Kier molecular flexibility index (Phi) is 2.41. The van der Waals surface area contributed by atoms with E-state index in [-0.39, 0.29) is 0 Å². The molecule has 6 heteroatoms. The Morgan fingerprint density at radius 2 is 2.17 bits per heavy atom. The second-order valence-corrected chi connectivity index (χ2v) is 6.45. The molecule has 3 heterocycles. The third kappa shape index (κ3) is 1.52. The van der Waals surface area contributed by atoms with Gasteiger partial charge in [-0.05, 0) is 32.7 Å². The zero-order valence-corrected chi connectivity index (χ0v) is 11.3. The van der Waals surface area contributed by atoms with Crippen LogP contribution in [0.2, 0.25) is 0 Å². The molecule has 0 aromatic carbocycles. The lowest BCUT2D eigenvalue weighted by molar-refractivity contribution is 0.394. The summed E-state index contributed by atoms with van der Waals surface area (Å²) in [6.07, 6.45) is 4.99. The van der Waals surface area contributed by atoms with Crippen molar-refractivity contribution in [3.8, 4) is 0 Å². The van der Waals surface area contributed by atoms with Crippen LogP contribution < -0.4 is 5.32 Å². The van der Waals surface area contributed by atoms with Gasteiger partial charge in [0.1, 0.15) is 5.01 Å². The van der Waals surface area contributed by atoms with Gasteiger partial charge in [0, 0.05) is 17.9 Å². The summed E-state index contributed by atoms with van der Waals surface area (Å²) in [5.74, 6) is 2.22. The maximum absolute atomic E-state index is 4.78. The van der Waals surface area contributed by atoms with Crippen LogP contribution >= 0.6 is 11.3 Å². The normalized spacial score (nSPS) is 28.9. The molecular weight excluding hydrogens is 246 g/mol. The van der Waals surface area contributed by atoms with Gasteiger partial charge < -0.3 is 5.32 Å².